The highest BCUT2D eigenvalue weighted by Gasteiger charge is 2.19. The normalized spacial score (nSPS) is 11.5. The molecule has 0 bridgehead atoms. The fraction of sp³-hybridized carbons (Fsp3) is 0.286. The van der Waals surface area contributed by atoms with Gasteiger partial charge in [0.2, 0.25) is 17.6 Å². The molecular weight excluding hydrogens is 795 g/mol. The minimum Gasteiger partial charge on any atom is -0.396 e. The maximum atomic E-state index is 11.8. The number of nitriles is 1. The van der Waals surface area contributed by atoms with Gasteiger partial charge in [-0.05, 0) is 81.6 Å². The molecule has 0 atom stereocenters. The van der Waals surface area contributed by atoms with Crippen LogP contribution in [0.5, 0.6) is 0 Å². The Morgan fingerprint density at radius 2 is 1.41 bits per heavy atom. The van der Waals surface area contributed by atoms with Crippen molar-refractivity contribution in [2.75, 3.05) is 59.0 Å². The quantitative estimate of drug-likeness (QED) is 0.0280. The molecule has 290 valence electrons. The van der Waals surface area contributed by atoms with E-state index >= 15 is 0 Å². The molecule has 5 rings (SSSR count). The molecule has 0 aliphatic carbocycles. The number of benzene rings is 2. The number of nitrogens with one attached hydrogen (secondary N) is 2. The zero-order chi connectivity index (χ0) is 40.2. The summed E-state index contributed by atoms with van der Waals surface area (Å²) in [5.74, 6) is 0.600. The van der Waals surface area contributed by atoms with Gasteiger partial charge in [0.15, 0.2) is 10.2 Å². The second-order valence-electron chi connectivity index (χ2n) is 11.3. The van der Waals surface area contributed by atoms with Crippen molar-refractivity contribution in [3.8, 4) is 6.07 Å². The Morgan fingerprint density at radius 3 is 1.89 bits per heavy atom. The molecule has 0 saturated carbocycles. The maximum Gasteiger partial charge on any atom is 0.302 e. The first-order valence-electron chi connectivity index (χ1n) is 17.2. The van der Waals surface area contributed by atoms with Gasteiger partial charge in [0.25, 0.3) is 0 Å². The number of thioether (sulfide) groups is 1. The van der Waals surface area contributed by atoms with Crippen LogP contribution >= 0.6 is 34.4 Å². The van der Waals surface area contributed by atoms with Crippen molar-refractivity contribution in [3.05, 3.63) is 70.9 Å². The topological polar surface area (TPSA) is 221 Å². The van der Waals surface area contributed by atoms with Gasteiger partial charge >= 0.3 is 10.1 Å². The van der Waals surface area contributed by atoms with Crippen molar-refractivity contribution in [2.24, 2.45) is 20.5 Å². The van der Waals surface area contributed by atoms with Crippen LogP contribution in [0.1, 0.15) is 33.3 Å². The fourth-order valence-electron chi connectivity index (χ4n) is 5.20. The summed E-state index contributed by atoms with van der Waals surface area (Å²) in [5, 5.41) is 45.6. The van der Waals surface area contributed by atoms with Crippen LogP contribution in [0.4, 0.5) is 61.7 Å². The molecule has 0 radical (unpaired) electrons. The number of rotatable bonds is 18. The van der Waals surface area contributed by atoms with Crippen LogP contribution in [0.15, 0.2) is 83.7 Å². The van der Waals surface area contributed by atoms with Crippen molar-refractivity contribution < 1.29 is 18.1 Å². The number of thiophene rings is 2. The first-order valence-corrected chi connectivity index (χ1v) is 21.3. The molecule has 5 aromatic rings. The summed E-state index contributed by atoms with van der Waals surface area (Å²) in [7, 11) is -4.55. The van der Waals surface area contributed by atoms with Gasteiger partial charge in [0.1, 0.15) is 26.7 Å². The number of hydrogen-bond acceptors (Lipinski definition) is 18. The number of aliphatic hydroxyl groups is 1. The molecule has 0 amide bonds. The van der Waals surface area contributed by atoms with E-state index < -0.39 is 14.3 Å². The van der Waals surface area contributed by atoms with Crippen LogP contribution in [-0.2, 0) is 10.1 Å². The van der Waals surface area contributed by atoms with E-state index in [1.165, 1.54) is 23.1 Å². The third kappa shape index (κ3) is 10.4. The molecular formula is C35H37N13O4S4. The monoisotopic (exact) mass is 831 g/mol. The van der Waals surface area contributed by atoms with Gasteiger partial charge in [-0.3, -0.25) is 4.55 Å². The highest BCUT2D eigenvalue weighted by Crippen LogP contribution is 2.42. The molecule has 3 aromatic heterocycles. The Hall–Kier alpha value is -5.55. The summed E-state index contributed by atoms with van der Waals surface area (Å²) in [4.78, 5) is 21.5. The van der Waals surface area contributed by atoms with Crippen LogP contribution in [-0.4, -0.2) is 71.6 Å². The largest absolute Gasteiger partial charge is 0.396 e. The lowest BCUT2D eigenvalue weighted by Crippen LogP contribution is -2.21. The second kappa shape index (κ2) is 19.4. The van der Waals surface area contributed by atoms with E-state index in [9.17, 15) is 23.3 Å². The third-order valence-corrected chi connectivity index (χ3v) is 11.9. The van der Waals surface area contributed by atoms with E-state index in [1.54, 1.807) is 17.5 Å². The first kappa shape index (κ1) is 41.6. The van der Waals surface area contributed by atoms with E-state index in [-0.39, 0.29) is 29.2 Å². The Bertz CT molecular complexity index is 2410. The van der Waals surface area contributed by atoms with Crippen molar-refractivity contribution in [3.63, 3.8) is 0 Å². The maximum absolute atomic E-state index is 11.8. The number of aromatic nitrogens is 3. The Kier molecular flexibility index (Phi) is 14.4. The highest BCUT2D eigenvalue weighted by molar-refractivity contribution is 7.99. The SMILES string of the molecule is [C-]#[N+]c1cc(S(=O)(=O)O)sc1N=Nc1ccc(N(CC)CC)cc1Nc1nc(Nc2cc(N(CC)CC)ccc2N=Nc2sccc2C#N)nc(SCCO)n1. The molecule has 0 unspecified atom stereocenters. The van der Waals surface area contributed by atoms with Gasteiger partial charge in [-0.2, -0.15) is 33.7 Å². The summed E-state index contributed by atoms with van der Waals surface area (Å²) in [5.41, 5.74) is 3.88. The number of anilines is 6. The molecule has 17 nitrogen and oxygen atoms in total. The summed E-state index contributed by atoms with van der Waals surface area (Å²) in [6, 6.07) is 16.0. The molecule has 0 aliphatic rings. The standard InChI is InChI=1S/C35H37N13O4S4/c1-6-47(7-2)23-10-12-25(43-45-31-22(21-36)14-16-53-31)27(18-23)38-33-40-34(42-35(41-33)54-17-15-49)39-28-19-24(48(8-3)9-4)11-13-26(28)44-46-32-29(37-5)20-30(55-32)56(50,51)52/h10-14,16,18-20,49H,6-9,15,17H2,1-4H3,(H,50,51,52)(H2,38,39,40,41,42). The molecule has 0 fully saturated rings. The van der Waals surface area contributed by atoms with Crippen LogP contribution in [0.25, 0.3) is 4.85 Å². The summed E-state index contributed by atoms with van der Waals surface area (Å²) < 4.78 is 32.6. The van der Waals surface area contributed by atoms with Crippen LogP contribution in [0, 0.1) is 17.9 Å². The van der Waals surface area contributed by atoms with Gasteiger partial charge in [-0.1, -0.05) is 11.8 Å². The molecule has 4 N–H and O–H groups in total. The Labute approximate surface area is 336 Å². The van der Waals surface area contributed by atoms with Gasteiger partial charge in [0, 0.05) is 43.3 Å². The van der Waals surface area contributed by atoms with Gasteiger partial charge in [-0.15, -0.1) is 38.0 Å². The fourth-order valence-corrected chi connectivity index (χ4v) is 8.00. The predicted molar refractivity (Wildman–Crippen MR) is 222 cm³/mol. The smallest absolute Gasteiger partial charge is 0.302 e. The van der Waals surface area contributed by atoms with Crippen molar-refractivity contribution in [1.82, 2.24) is 15.0 Å². The highest BCUT2D eigenvalue weighted by atomic mass is 32.3. The lowest BCUT2D eigenvalue weighted by atomic mass is 10.2. The molecule has 21 heteroatoms. The Morgan fingerprint density at radius 1 is 0.857 bits per heavy atom. The molecule has 2 aromatic carbocycles. The number of aliphatic hydroxyl groups excluding tert-OH is 1. The summed E-state index contributed by atoms with van der Waals surface area (Å²) in [6.07, 6.45) is 0. The van der Waals surface area contributed by atoms with Gasteiger partial charge < -0.3 is 25.5 Å². The molecule has 0 saturated heterocycles. The minimum atomic E-state index is -4.55. The predicted octanol–water partition coefficient (Wildman–Crippen LogP) is 9.76. The van der Waals surface area contributed by atoms with E-state index in [1.807, 2.05) is 44.2 Å². The van der Waals surface area contributed by atoms with E-state index in [4.69, 9.17) is 11.6 Å². The minimum absolute atomic E-state index is 0.00329. The molecule has 3 heterocycles. The van der Waals surface area contributed by atoms with E-state index in [0.717, 1.165) is 43.6 Å². The Balaban J connectivity index is 1.58. The summed E-state index contributed by atoms with van der Waals surface area (Å²) >= 11 is 3.14. The third-order valence-electron chi connectivity index (χ3n) is 7.96. The van der Waals surface area contributed by atoms with Crippen molar-refractivity contribution in [2.45, 2.75) is 37.1 Å². The molecule has 0 spiro atoms. The number of nitrogens with zero attached hydrogens (tertiary/aromatic N) is 11. The second-order valence-corrected chi connectivity index (χ2v) is 16.0. The molecule has 56 heavy (non-hydrogen) atoms. The van der Waals surface area contributed by atoms with E-state index in [2.05, 4.69) is 75.6 Å². The number of hydrogen-bond donors (Lipinski definition) is 4. The van der Waals surface area contributed by atoms with Crippen molar-refractivity contribution >= 4 is 106 Å². The molecule has 0 aliphatic heterocycles. The summed E-state index contributed by atoms with van der Waals surface area (Å²) in [6.45, 7) is 18.5. The van der Waals surface area contributed by atoms with Crippen molar-refractivity contribution in [1.29, 1.82) is 5.26 Å². The lowest BCUT2D eigenvalue weighted by molar-refractivity contribution is 0.322. The van der Waals surface area contributed by atoms with Crippen LogP contribution in [0.2, 0.25) is 0 Å². The van der Waals surface area contributed by atoms with Gasteiger partial charge in [0.05, 0.1) is 30.1 Å². The first-order chi connectivity index (χ1) is 27.0. The van der Waals surface area contributed by atoms with Crippen LogP contribution < -0.4 is 20.4 Å². The average Bonchev–Trinajstić information content (AvgIpc) is 3.84. The lowest BCUT2D eigenvalue weighted by Gasteiger charge is -2.22. The zero-order valence-corrected chi connectivity index (χ0v) is 34.0. The van der Waals surface area contributed by atoms with Gasteiger partial charge in [-0.25, -0.2) is 4.85 Å². The van der Waals surface area contributed by atoms with E-state index in [0.29, 0.717) is 55.6 Å². The van der Waals surface area contributed by atoms with Crippen LogP contribution in [0.3, 0.4) is 0 Å². The number of azo groups is 2. The zero-order valence-electron chi connectivity index (χ0n) is 30.7. The average molecular weight is 832 g/mol.